The van der Waals surface area contributed by atoms with E-state index in [1.54, 1.807) is 24.3 Å². The van der Waals surface area contributed by atoms with E-state index < -0.39 is 13.4 Å². The molecule has 0 amide bonds. The van der Waals surface area contributed by atoms with Crippen LogP contribution in [-0.2, 0) is 11.0 Å². The highest BCUT2D eigenvalue weighted by Crippen LogP contribution is 2.51. The number of para-hydroxylation sites is 2. The molecule has 0 heterocycles. The Balaban J connectivity index is 1.86. The zero-order chi connectivity index (χ0) is 17.5. The SMILES string of the molecule is NC(Cc1ccccc1)P(=O)(Oc1ccccc1)Oc1ccccc1. The van der Waals surface area contributed by atoms with Crippen LogP contribution in [0.2, 0.25) is 0 Å². The molecule has 0 saturated heterocycles. The first kappa shape index (κ1) is 17.3. The molecule has 4 nitrogen and oxygen atoms in total. The van der Waals surface area contributed by atoms with E-state index in [1.807, 2.05) is 66.7 Å². The molecule has 3 aromatic carbocycles. The van der Waals surface area contributed by atoms with Gasteiger partial charge in [-0.3, -0.25) is 0 Å². The summed E-state index contributed by atoms with van der Waals surface area (Å²) in [7, 11) is -3.64. The molecule has 1 atom stereocenters. The molecule has 0 aliphatic carbocycles. The van der Waals surface area contributed by atoms with Gasteiger partial charge in [0.25, 0.3) is 0 Å². The molecular weight excluding hydrogens is 333 g/mol. The maximum Gasteiger partial charge on any atom is 0.447 e. The van der Waals surface area contributed by atoms with E-state index in [9.17, 15) is 4.57 Å². The van der Waals surface area contributed by atoms with Crippen LogP contribution in [0.5, 0.6) is 11.5 Å². The van der Waals surface area contributed by atoms with E-state index in [0.717, 1.165) is 5.56 Å². The van der Waals surface area contributed by atoms with Crippen LogP contribution >= 0.6 is 7.60 Å². The zero-order valence-electron chi connectivity index (χ0n) is 13.7. The van der Waals surface area contributed by atoms with E-state index in [0.29, 0.717) is 17.9 Å². The molecule has 0 aliphatic heterocycles. The second kappa shape index (κ2) is 8.02. The standard InChI is InChI=1S/C20H20NO3P/c21-20(16-17-10-4-1-5-11-17)25(22,23-18-12-6-2-7-13-18)24-19-14-8-3-9-15-19/h1-15,20H,16,21H2. The van der Waals surface area contributed by atoms with Crippen LogP contribution in [0.3, 0.4) is 0 Å². The minimum Gasteiger partial charge on any atom is -0.415 e. The summed E-state index contributed by atoms with van der Waals surface area (Å²) in [5.41, 5.74) is 7.24. The third kappa shape index (κ3) is 4.72. The lowest BCUT2D eigenvalue weighted by atomic mass is 10.2. The molecule has 0 bridgehead atoms. The maximum absolute atomic E-state index is 13.5. The van der Waals surface area contributed by atoms with Gasteiger partial charge in [-0.15, -0.1) is 0 Å². The normalized spacial score (nSPS) is 12.4. The Morgan fingerprint density at radius 3 is 1.56 bits per heavy atom. The van der Waals surface area contributed by atoms with Gasteiger partial charge < -0.3 is 14.8 Å². The molecule has 0 radical (unpaired) electrons. The summed E-state index contributed by atoms with van der Waals surface area (Å²) in [6, 6.07) is 27.5. The van der Waals surface area contributed by atoms with Crippen molar-refractivity contribution in [1.29, 1.82) is 0 Å². The molecule has 5 heteroatoms. The Kier molecular flexibility index (Phi) is 5.54. The van der Waals surface area contributed by atoms with Gasteiger partial charge in [-0.2, -0.15) is 0 Å². The van der Waals surface area contributed by atoms with Gasteiger partial charge in [-0.05, 0) is 29.8 Å². The van der Waals surface area contributed by atoms with Crippen LogP contribution in [0, 0.1) is 0 Å². The third-order valence-corrected chi connectivity index (χ3v) is 5.57. The average molecular weight is 353 g/mol. The van der Waals surface area contributed by atoms with Crippen molar-refractivity contribution in [1.82, 2.24) is 0 Å². The Labute approximate surface area is 147 Å². The van der Waals surface area contributed by atoms with Crippen molar-refractivity contribution in [2.24, 2.45) is 5.73 Å². The largest absolute Gasteiger partial charge is 0.447 e. The van der Waals surface area contributed by atoms with Crippen LogP contribution in [0.4, 0.5) is 0 Å². The molecule has 128 valence electrons. The first-order valence-corrected chi connectivity index (χ1v) is 9.65. The lowest BCUT2D eigenvalue weighted by molar-refractivity contribution is 0.371. The van der Waals surface area contributed by atoms with Gasteiger partial charge in [-0.1, -0.05) is 66.7 Å². The molecule has 0 fully saturated rings. The quantitative estimate of drug-likeness (QED) is 0.616. The molecule has 3 aromatic rings. The van der Waals surface area contributed by atoms with Gasteiger partial charge in [-0.25, -0.2) is 4.57 Å². The molecule has 0 aliphatic rings. The highest BCUT2D eigenvalue weighted by Gasteiger charge is 2.36. The first-order chi connectivity index (χ1) is 12.2. The number of nitrogens with two attached hydrogens (primary N) is 1. The Hall–Kier alpha value is -2.55. The summed E-state index contributed by atoms with van der Waals surface area (Å²) >= 11 is 0. The lowest BCUT2D eigenvalue weighted by Gasteiger charge is -2.25. The van der Waals surface area contributed by atoms with Crippen molar-refractivity contribution in [3.8, 4) is 11.5 Å². The fourth-order valence-electron chi connectivity index (χ4n) is 2.38. The molecule has 2 N–H and O–H groups in total. The third-order valence-electron chi connectivity index (χ3n) is 3.65. The fraction of sp³-hybridized carbons (Fsp3) is 0.100. The van der Waals surface area contributed by atoms with Crippen molar-refractivity contribution in [3.05, 3.63) is 96.6 Å². The first-order valence-electron chi connectivity index (χ1n) is 8.04. The van der Waals surface area contributed by atoms with Crippen LogP contribution < -0.4 is 14.8 Å². The van der Waals surface area contributed by atoms with Crippen molar-refractivity contribution >= 4 is 7.60 Å². The Morgan fingerprint density at radius 1 is 0.720 bits per heavy atom. The lowest BCUT2D eigenvalue weighted by Crippen LogP contribution is -2.28. The summed E-state index contributed by atoms with van der Waals surface area (Å²) in [5.74, 6) is 0.130. The summed E-state index contributed by atoms with van der Waals surface area (Å²) in [5, 5.41) is 0. The summed E-state index contributed by atoms with van der Waals surface area (Å²) in [4.78, 5) is 0. The van der Waals surface area contributed by atoms with Crippen molar-refractivity contribution in [2.75, 3.05) is 0 Å². The maximum atomic E-state index is 13.5. The number of rotatable bonds is 7. The molecular formula is C20H20NO3P. The summed E-state index contributed by atoms with van der Waals surface area (Å²) in [6.07, 6.45) is 0.387. The number of benzene rings is 3. The van der Waals surface area contributed by atoms with Crippen molar-refractivity contribution in [2.45, 2.75) is 12.2 Å². The van der Waals surface area contributed by atoms with Gasteiger partial charge in [0.2, 0.25) is 0 Å². The average Bonchev–Trinajstić information content (AvgIpc) is 2.64. The van der Waals surface area contributed by atoms with Crippen LogP contribution in [0.1, 0.15) is 5.56 Å². The van der Waals surface area contributed by atoms with Gasteiger partial charge in [0.1, 0.15) is 17.3 Å². The highest BCUT2D eigenvalue weighted by atomic mass is 31.2. The van der Waals surface area contributed by atoms with Gasteiger partial charge in [0, 0.05) is 6.42 Å². The van der Waals surface area contributed by atoms with E-state index >= 15 is 0 Å². The molecule has 3 rings (SSSR count). The predicted octanol–water partition coefficient (Wildman–Crippen LogP) is 4.87. The van der Waals surface area contributed by atoms with E-state index in [-0.39, 0.29) is 0 Å². The fourth-order valence-corrected chi connectivity index (χ4v) is 3.95. The highest BCUT2D eigenvalue weighted by molar-refractivity contribution is 7.55. The van der Waals surface area contributed by atoms with E-state index in [1.165, 1.54) is 0 Å². The Bertz CT molecular complexity index is 780. The zero-order valence-corrected chi connectivity index (χ0v) is 14.6. The smallest absolute Gasteiger partial charge is 0.415 e. The van der Waals surface area contributed by atoms with Crippen molar-refractivity contribution in [3.63, 3.8) is 0 Å². The van der Waals surface area contributed by atoms with Gasteiger partial charge in [0.15, 0.2) is 0 Å². The molecule has 0 saturated carbocycles. The predicted molar refractivity (Wildman–Crippen MR) is 99.9 cm³/mol. The van der Waals surface area contributed by atoms with Crippen LogP contribution in [-0.4, -0.2) is 5.78 Å². The second-order valence-corrected chi connectivity index (χ2v) is 7.71. The summed E-state index contributed by atoms with van der Waals surface area (Å²) in [6.45, 7) is 0. The molecule has 1 unspecified atom stereocenters. The molecule has 25 heavy (non-hydrogen) atoms. The molecule has 0 aromatic heterocycles. The monoisotopic (exact) mass is 353 g/mol. The minimum atomic E-state index is -3.64. The second-order valence-electron chi connectivity index (χ2n) is 5.61. The van der Waals surface area contributed by atoms with Gasteiger partial charge >= 0.3 is 7.60 Å². The molecule has 0 spiro atoms. The van der Waals surface area contributed by atoms with Crippen LogP contribution in [0.25, 0.3) is 0 Å². The summed E-state index contributed by atoms with van der Waals surface area (Å²) < 4.78 is 25.0. The van der Waals surface area contributed by atoms with E-state index in [2.05, 4.69) is 0 Å². The van der Waals surface area contributed by atoms with Gasteiger partial charge in [0.05, 0.1) is 0 Å². The Morgan fingerprint density at radius 2 is 1.12 bits per heavy atom. The van der Waals surface area contributed by atoms with Crippen molar-refractivity contribution < 1.29 is 13.6 Å². The van der Waals surface area contributed by atoms with E-state index in [4.69, 9.17) is 14.8 Å². The topological polar surface area (TPSA) is 61.6 Å². The number of hydrogen-bond donors (Lipinski definition) is 1. The minimum absolute atomic E-state index is 0.387. The van der Waals surface area contributed by atoms with Crippen LogP contribution in [0.15, 0.2) is 91.0 Å². The number of hydrogen-bond acceptors (Lipinski definition) is 4.